The van der Waals surface area contributed by atoms with Crippen LogP contribution in [-0.2, 0) is 4.74 Å². The first-order valence-electron chi connectivity index (χ1n) is 8.81. The summed E-state index contributed by atoms with van der Waals surface area (Å²) in [6, 6.07) is 12.6. The van der Waals surface area contributed by atoms with Crippen LogP contribution in [0, 0.1) is 19.8 Å². The molecule has 4 rings (SSSR count). The van der Waals surface area contributed by atoms with Crippen LogP contribution in [0.2, 0.25) is 0 Å². The van der Waals surface area contributed by atoms with Crippen molar-refractivity contribution in [2.45, 2.75) is 32.2 Å². The zero-order valence-electron chi connectivity index (χ0n) is 14.9. The molecule has 1 N–H and O–H groups in total. The number of carbonyl (C=O) groups excluding carboxylic acids is 1. The van der Waals surface area contributed by atoms with Gasteiger partial charge in [0.25, 0.3) is 0 Å². The number of fused-ring (bicyclic) bond motifs is 3. The van der Waals surface area contributed by atoms with Crippen LogP contribution >= 0.6 is 0 Å². The lowest BCUT2D eigenvalue weighted by molar-refractivity contribution is 0.0600. The zero-order chi connectivity index (χ0) is 17.6. The fourth-order valence-electron chi connectivity index (χ4n) is 4.35. The Bertz CT molecular complexity index is 851. The normalized spacial score (nSPS) is 23.6. The predicted molar refractivity (Wildman–Crippen MR) is 100 cm³/mol. The van der Waals surface area contributed by atoms with Gasteiger partial charge in [0.2, 0.25) is 0 Å². The molecule has 1 aliphatic heterocycles. The summed E-state index contributed by atoms with van der Waals surface area (Å²) in [5.74, 6) is 0.679. The number of rotatable bonds is 2. The summed E-state index contributed by atoms with van der Waals surface area (Å²) in [7, 11) is 1.41. The Kier molecular flexibility index (Phi) is 3.87. The molecule has 0 saturated carbocycles. The Morgan fingerprint density at radius 1 is 1.16 bits per heavy atom. The number of methoxy groups -OCH3 is 1. The molecule has 2 aliphatic rings. The summed E-state index contributed by atoms with van der Waals surface area (Å²) in [4.78, 5) is 11.7. The summed E-state index contributed by atoms with van der Waals surface area (Å²) in [5, 5.41) is 3.79. The fraction of sp³-hybridized carbons (Fsp3) is 0.318. The maximum Gasteiger partial charge on any atom is 0.337 e. The SMILES string of the molecule is COC(=O)c1ccc([C@@H]2Nc3c(C)cc(C)cc3[C@H]3C=CC[C@H]32)cc1. The van der Waals surface area contributed by atoms with Gasteiger partial charge in [-0.15, -0.1) is 0 Å². The summed E-state index contributed by atoms with van der Waals surface area (Å²) < 4.78 is 4.80. The Morgan fingerprint density at radius 2 is 1.92 bits per heavy atom. The van der Waals surface area contributed by atoms with Crippen molar-refractivity contribution in [2.75, 3.05) is 12.4 Å². The van der Waals surface area contributed by atoms with Gasteiger partial charge in [0.15, 0.2) is 0 Å². The molecular weight excluding hydrogens is 310 g/mol. The Morgan fingerprint density at radius 3 is 2.64 bits per heavy atom. The molecule has 0 fully saturated rings. The number of nitrogens with one attached hydrogen (secondary N) is 1. The first-order chi connectivity index (χ1) is 12.1. The molecule has 1 heterocycles. The first kappa shape index (κ1) is 15.9. The number of hydrogen-bond donors (Lipinski definition) is 1. The van der Waals surface area contributed by atoms with E-state index in [1.165, 1.54) is 35.1 Å². The molecule has 0 aromatic heterocycles. The molecule has 3 atom stereocenters. The van der Waals surface area contributed by atoms with Crippen molar-refractivity contribution in [1.82, 2.24) is 0 Å². The van der Waals surface area contributed by atoms with E-state index >= 15 is 0 Å². The van der Waals surface area contributed by atoms with Gasteiger partial charge in [-0.05, 0) is 55.0 Å². The van der Waals surface area contributed by atoms with E-state index in [1.807, 2.05) is 24.3 Å². The van der Waals surface area contributed by atoms with Gasteiger partial charge in [-0.2, -0.15) is 0 Å². The maximum atomic E-state index is 11.7. The molecule has 3 heteroatoms. The lowest BCUT2D eigenvalue weighted by atomic mass is 9.76. The van der Waals surface area contributed by atoms with Crippen LogP contribution in [0.1, 0.15) is 51.0 Å². The molecule has 128 valence electrons. The summed E-state index contributed by atoms with van der Waals surface area (Å²) in [5.41, 5.74) is 7.11. The minimum absolute atomic E-state index is 0.251. The van der Waals surface area contributed by atoms with Gasteiger partial charge in [-0.3, -0.25) is 0 Å². The lowest BCUT2D eigenvalue weighted by Gasteiger charge is -2.38. The van der Waals surface area contributed by atoms with Gasteiger partial charge in [-0.1, -0.05) is 42.0 Å². The van der Waals surface area contributed by atoms with Crippen molar-refractivity contribution >= 4 is 11.7 Å². The number of ether oxygens (including phenoxy) is 1. The Balaban J connectivity index is 1.73. The summed E-state index contributed by atoms with van der Waals surface area (Å²) >= 11 is 0. The van der Waals surface area contributed by atoms with E-state index in [1.54, 1.807) is 0 Å². The van der Waals surface area contributed by atoms with E-state index in [2.05, 4.69) is 43.4 Å². The predicted octanol–water partition coefficient (Wildman–Crippen LogP) is 4.92. The second-order valence-electron chi connectivity index (χ2n) is 7.14. The van der Waals surface area contributed by atoms with Gasteiger partial charge in [0.05, 0.1) is 18.7 Å². The molecule has 0 saturated heterocycles. The molecule has 0 bridgehead atoms. The fourth-order valence-corrected chi connectivity index (χ4v) is 4.35. The number of benzene rings is 2. The van der Waals surface area contributed by atoms with Crippen molar-refractivity contribution < 1.29 is 9.53 Å². The zero-order valence-corrected chi connectivity index (χ0v) is 14.9. The third kappa shape index (κ3) is 2.64. The smallest absolute Gasteiger partial charge is 0.337 e. The van der Waals surface area contributed by atoms with Gasteiger partial charge < -0.3 is 10.1 Å². The monoisotopic (exact) mass is 333 g/mol. The van der Waals surface area contributed by atoms with E-state index in [9.17, 15) is 4.79 Å². The van der Waals surface area contributed by atoms with Crippen LogP contribution in [0.4, 0.5) is 5.69 Å². The van der Waals surface area contributed by atoms with Crippen molar-refractivity contribution in [3.05, 3.63) is 76.4 Å². The molecule has 2 aromatic carbocycles. The quantitative estimate of drug-likeness (QED) is 0.626. The minimum atomic E-state index is -0.291. The molecule has 0 amide bonds. The third-order valence-corrected chi connectivity index (χ3v) is 5.50. The van der Waals surface area contributed by atoms with Gasteiger partial charge in [0.1, 0.15) is 0 Å². The van der Waals surface area contributed by atoms with Crippen LogP contribution in [0.5, 0.6) is 0 Å². The number of aryl methyl sites for hydroxylation is 2. The van der Waals surface area contributed by atoms with E-state index in [0.29, 0.717) is 17.4 Å². The molecule has 0 radical (unpaired) electrons. The van der Waals surface area contributed by atoms with Crippen LogP contribution < -0.4 is 5.32 Å². The van der Waals surface area contributed by atoms with Crippen molar-refractivity contribution in [1.29, 1.82) is 0 Å². The Labute approximate surface area is 148 Å². The number of allylic oxidation sites excluding steroid dienone is 2. The van der Waals surface area contributed by atoms with E-state index in [0.717, 1.165) is 6.42 Å². The van der Waals surface area contributed by atoms with Crippen LogP contribution in [-0.4, -0.2) is 13.1 Å². The van der Waals surface area contributed by atoms with E-state index < -0.39 is 0 Å². The number of anilines is 1. The van der Waals surface area contributed by atoms with E-state index in [4.69, 9.17) is 4.74 Å². The summed E-state index contributed by atoms with van der Waals surface area (Å²) in [6.07, 6.45) is 5.74. The van der Waals surface area contributed by atoms with Crippen molar-refractivity contribution in [3.8, 4) is 0 Å². The van der Waals surface area contributed by atoms with Crippen molar-refractivity contribution in [2.24, 2.45) is 5.92 Å². The van der Waals surface area contributed by atoms with Crippen LogP contribution in [0.15, 0.2) is 48.6 Å². The molecule has 2 aromatic rings. The van der Waals surface area contributed by atoms with Crippen molar-refractivity contribution in [3.63, 3.8) is 0 Å². The van der Waals surface area contributed by atoms with Crippen LogP contribution in [0.3, 0.4) is 0 Å². The van der Waals surface area contributed by atoms with Gasteiger partial charge >= 0.3 is 5.97 Å². The summed E-state index contributed by atoms with van der Waals surface area (Å²) in [6.45, 7) is 4.34. The maximum absolute atomic E-state index is 11.7. The molecular formula is C22H23NO2. The highest BCUT2D eigenvalue weighted by Gasteiger charge is 2.38. The average Bonchev–Trinajstić information content (AvgIpc) is 3.11. The lowest BCUT2D eigenvalue weighted by Crippen LogP contribution is -2.29. The second-order valence-corrected chi connectivity index (χ2v) is 7.14. The topological polar surface area (TPSA) is 38.3 Å². The third-order valence-electron chi connectivity index (χ3n) is 5.50. The first-order valence-corrected chi connectivity index (χ1v) is 8.81. The number of hydrogen-bond acceptors (Lipinski definition) is 3. The van der Waals surface area contributed by atoms with Crippen LogP contribution in [0.25, 0.3) is 0 Å². The van der Waals surface area contributed by atoms with E-state index in [-0.39, 0.29) is 12.0 Å². The molecule has 25 heavy (non-hydrogen) atoms. The highest BCUT2D eigenvalue weighted by Crippen LogP contribution is 2.50. The number of esters is 1. The highest BCUT2D eigenvalue weighted by molar-refractivity contribution is 5.89. The minimum Gasteiger partial charge on any atom is -0.465 e. The highest BCUT2D eigenvalue weighted by atomic mass is 16.5. The molecule has 0 spiro atoms. The molecule has 0 unspecified atom stereocenters. The molecule has 1 aliphatic carbocycles. The Hall–Kier alpha value is -2.55. The number of carbonyl (C=O) groups is 1. The van der Waals surface area contributed by atoms with Gasteiger partial charge in [0, 0.05) is 11.6 Å². The standard InChI is InChI=1S/C22H23NO2/c1-13-11-14(2)20-19(12-13)17-5-4-6-18(17)21(23-20)15-7-9-16(10-8-15)22(24)25-3/h4-5,7-12,17-18,21,23H,6H2,1-3H3/t17-,18+,21-/m0/s1. The van der Waals surface area contributed by atoms with Gasteiger partial charge in [-0.25, -0.2) is 4.79 Å². The molecule has 3 nitrogen and oxygen atoms in total. The largest absolute Gasteiger partial charge is 0.465 e. The second kappa shape index (κ2) is 6.07. The average molecular weight is 333 g/mol.